The third-order valence-electron chi connectivity index (χ3n) is 3.67. The number of nitrogens with two attached hydrogens (primary N) is 1. The predicted octanol–water partition coefficient (Wildman–Crippen LogP) is 1.82. The molecule has 2 rings (SSSR count). The molecule has 6 nitrogen and oxygen atoms in total. The highest BCUT2D eigenvalue weighted by Crippen LogP contribution is 2.17. The van der Waals surface area contributed by atoms with E-state index in [9.17, 15) is 9.59 Å². The molecule has 1 aromatic heterocycles. The van der Waals surface area contributed by atoms with Crippen molar-refractivity contribution in [3.63, 3.8) is 0 Å². The van der Waals surface area contributed by atoms with E-state index in [0.717, 1.165) is 32.4 Å². The summed E-state index contributed by atoms with van der Waals surface area (Å²) in [5.41, 5.74) is 6.62. The van der Waals surface area contributed by atoms with Gasteiger partial charge < -0.3 is 19.9 Å². The van der Waals surface area contributed by atoms with Gasteiger partial charge in [-0.2, -0.15) is 0 Å². The van der Waals surface area contributed by atoms with E-state index in [1.165, 1.54) is 0 Å². The molecule has 1 amide bonds. The largest absolute Gasteiger partial charge is 0.451 e. The van der Waals surface area contributed by atoms with E-state index in [4.69, 9.17) is 10.5 Å². The minimum atomic E-state index is -0.509. The monoisotopic (exact) mass is 293 g/mol. The Morgan fingerprint density at radius 2 is 1.95 bits per heavy atom. The lowest BCUT2D eigenvalue weighted by molar-refractivity contribution is -0.135. The second kappa shape index (κ2) is 6.65. The van der Waals surface area contributed by atoms with Gasteiger partial charge in [0.2, 0.25) is 0 Å². The number of hydrogen-bond donors (Lipinski definition) is 1. The quantitative estimate of drug-likeness (QED) is 0.859. The maximum Gasteiger partial charge on any atom is 0.355 e. The molecule has 21 heavy (non-hydrogen) atoms. The molecule has 1 saturated heterocycles. The van der Waals surface area contributed by atoms with Crippen LogP contribution in [0.3, 0.4) is 0 Å². The Hall–Kier alpha value is -1.98. The molecule has 1 aliphatic heterocycles. The predicted molar refractivity (Wildman–Crippen MR) is 79.9 cm³/mol. The number of amides is 1. The summed E-state index contributed by atoms with van der Waals surface area (Å²) in [4.78, 5) is 25.8. The molecule has 0 saturated carbocycles. The summed E-state index contributed by atoms with van der Waals surface area (Å²) < 4.78 is 6.89. The van der Waals surface area contributed by atoms with Gasteiger partial charge >= 0.3 is 5.97 Å². The second-order valence-electron chi connectivity index (χ2n) is 5.68. The van der Waals surface area contributed by atoms with Crippen LogP contribution in [-0.4, -0.2) is 41.0 Å². The fourth-order valence-electron chi connectivity index (χ4n) is 2.53. The van der Waals surface area contributed by atoms with Crippen LogP contribution in [0.5, 0.6) is 0 Å². The molecule has 0 radical (unpaired) electrons. The van der Waals surface area contributed by atoms with Crippen LogP contribution < -0.4 is 5.73 Å². The Labute approximate surface area is 124 Å². The number of aromatic nitrogens is 1. The van der Waals surface area contributed by atoms with Gasteiger partial charge in [-0.3, -0.25) is 4.79 Å². The van der Waals surface area contributed by atoms with Gasteiger partial charge in [-0.15, -0.1) is 0 Å². The van der Waals surface area contributed by atoms with Gasteiger partial charge in [-0.25, -0.2) is 4.79 Å². The van der Waals surface area contributed by atoms with Crippen molar-refractivity contribution in [2.45, 2.75) is 39.2 Å². The van der Waals surface area contributed by atoms with E-state index < -0.39 is 5.97 Å². The average Bonchev–Trinajstić information content (AvgIpc) is 2.87. The maximum atomic E-state index is 12.1. The first-order valence-corrected chi connectivity index (χ1v) is 7.41. The first-order valence-electron chi connectivity index (χ1n) is 7.41. The molecule has 1 fully saturated rings. The first-order chi connectivity index (χ1) is 9.99. The average molecular weight is 293 g/mol. The summed E-state index contributed by atoms with van der Waals surface area (Å²) in [5, 5.41) is 0. The number of rotatable bonds is 4. The molecule has 2 heterocycles. The van der Waals surface area contributed by atoms with E-state index in [1.54, 1.807) is 21.7 Å². The van der Waals surface area contributed by atoms with Crippen LogP contribution in [0.2, 0.25) is 0 Å². The maximum absolute atomic E-state index is 12.1. The molecule has 0 aliphatic carbocycles. The Balaban J connectivity index is 1.94. The molecular weight excluding hydrogens is 270 g/mol. The molecule has 116 valence electrons. The summed E-state index contributed by atoms with van der Waals surface area (Å²) >= 11 is 0. The molecule has 0 bridgehead atoms. The van der Waals surface area contributed by atoms with Crippen molar-refractivity contribution in [2.24, 2.45) is 0 Å². The standard InChI is InChI=1S/C15H23N3O3/c1-11(2)18-9-12(16)8-13(18)15(20)21-10-14(19)17-6-4-3-5-7-17/h8-9,11H,3-7,10,16H2,1-2H3. The van der Waals surface area contributed by atoms with E-state index in [1.807, 2.05) is 13.8 Å². The summed E-state index contributed by atoms with van der Waals surface area (Å²) in [6.45, 7) is 5.21. The van der Waals surface area contributed by atoms with Gasteiger partial charge in [-0.1, -0.05) is 0 Å². The minimum Gasteiger partial charge on any atom is -0.451 e. The summed E-state index contributed by atoms with van der Waals surface area (Å²) in [6, 6.07) is 1.68. The number of esters is 1. The zero-order valence-corrected chi connectivity index (χ0v) is 12.7. The highest BCUT2D eigenvalue weighted by Gasteiger charge is 2.20. The Bertz CT molecular complexity index is 516. The molecule has 2 N–H and O–H groups in total. The molecule has 0 spiro atoms. The van der Waals surface area contributed by atoms with Crippen molar-refractivity contribution in [1.29, 1.82) is 0 Å². The summed E-state index contributed by atoms with van der Waals surface area (Å²) in [6.07, 6.45) is 4.90. The Morgan fingerprint density at radius 3 is 2.57 bits per heavy atom. The van der Waals surface area contributed by atoms with E-state index in [-0.39, 0.29) is 18.6 Å². The van der Waals surface area contributed by atoms with Crippen LogP contribution in [0, 0.1) is 0 Å². The van der Waals surface area contributed by atoms with Crippen molar-refractivity contribution in [3.8, 4) is 0 Å². The molecular formula is C15H23N3O3. The lowest BCUT2D eigenvalue weighted by atomic mass is 10.1. The van der Waals surface area contributed by atoms with E-state index >= 15 is 0 Å². The number of anilines is 1. The van der Waals surface area contributed by atoms with Crippen molar-refractivity contribution in [1.82, 2.24) is 9.47 Å². The summed E-state index contributed by atoms with van der Waals surface area (Å²) in [5.74, 6) is -0.635. The normalized spacial score (nSPS) is 15.3. The zero-order valence-electron chi connectivity index (χ0n) is 12.7. The Kier molecular flexibility index (Phi) is 4.88. The Morgan fingerprint density at radius 1 is 1.29 bits per heavy atom. The fourth-order valence-corrected chi connectivity index (χ4v) is 2.53. The number of nitrogen functional groups attached to an aromatic ring is 1. The van der Waals surface area contributed by atoms with Crippen LogP contribution in [0.4, 0.5) is 5.69 Å². The smallest absolute Gasteiger partial charge is 0.355 e. The lowest BCUT2D eigenvalue weighted by Crippen LogP contribution is -2.38. The number of piperidine rings is 1. The van der Waals surface area contributed by atoms with E-state index in [2.05, 4.69) is 0 Å². The molecule has 1 aliphatic rings. The molecule has 0 unspecified atom stereocenters. The van der Waals surface area contributed by atoms with Crippen LogP contribution in [-0.2, 0) is 9.53 Å². The highest BCUT2D eigenvalue weighted by atomic mass is 16.5. The number of carbonyl (C=O) groups is 2. The van der Waals surface area contributed by atoms with Gasteiger partial charge in [-0.05, 0) is 39.2 Å². The third kappa shape index (κ3) is 3.77. The zero-order chi connectivity index (χ0) is 15.4. The van der Waals surface area contributed by atoms with Crippen LogP contribution in [0.1, 0.15) is 49.6 Å². The van der Waals surface area contributed by atoms with Crippen LogP contribution in [0.25, 0.3) is 0 Å². The van der Waals surface area contributed by atoms with Gasteiger partial charge in [0.25, 0.3) is 5.91 Å². The van der Waals surface area contributed by atoms with Gasteiger partial charge in [0.1, 0.15) is 5.69 Å². The number of ether oxygens (including phenoxy) is 1. The topological polar surface area (TPSA) is 77.6 Å². The van der Waals surface area contributed by atoms with Gasteiger partial charge in [0.15, 0.2) is 6.61 Å². The highest BCUT2D eigenvalue weighted by molar-refractivity contribution is 5.91. The van der Waals surface area contributed by atoms with Gasteiger partial charge in [0, 0.05) is 25.3 Å². The van der Waals surface area contributed by atoms with Crippen molar-refractivity contribution < 1.29 is 14.3 Å². The fraction of sp³-hybridized carbons (Fsp3) is 0.600. The summed E-state index contributed by atoms with van der Waals surface area (Å²) in [7, 11) is 0. The number of hydrogen-bond acceptors (Lipinski definition) is 4. The van der Waals surface area contributed by atoms with Gasteiger partial charge in [0.05, 0.1) is 5.69 Å². The van der Waals surface area contributed by atoms with Crippen molar-refractivity contribution in [2.75, 3.05) is 25.4 Å². The lowest BCUT2D eigenvalue weighted by Gasteiger charge is -2.26. The number of likely N-dealkylation sites (tertiary alicyclic amines) is 1. The minimum absolute atomic E-state index is 0.0997. The molecule has 6 heteroatoms. The van der Waals surface area contributed by atoms with Crippen LogP contribution in [0.15, 0.2) is 12.3 Å². The van der Waals surface area contributed by atoms with Crippen molar-refractivity contribution >= 4 is 17.6 Å². The molecule has 0 aromatic carbocycles. The molecule has 1 aromatic rings. The third-order valence-corrected chi connectivity index (χ3v) is 3.67. The SMILES string of the molecule is CC(C)n1cc(N)cc1C(=O)OCC(=O)N1CCCCC1. The number of nitrogens with zero attached hydrogens (tertiary/aromatic N) is 2. The number of carbonyl (C=O) groups excluding carboxylic acids is 2. The molecule has 0 atom stereocenters. The van der Waals surface area contributed by atoms with Crippen LogP contribution >= 0.6 is 0 Å². The second-order valence-corrected chi connectivity index (χ2v) is 5.68. The van der Waals surface area contributed by atoms with Crippen molar-refractivity contribution in [3.05, 3.63) is 18.0 Å². The first kappa shape index (κ1) is 15.4. The van der Waals surface area contributed by atoms with E-state index in [0.29, 0.717) is 11.4 Å².